The highest BCUT2D eigenvalue weighted by atomic mass is 31.2. The lowest BCUT2D eigenvalue weighted by Gasteiger charge is -2.15. The average molecular weight is 152 g/mol. The van der Waals surface area contributed by atoms with Crippen LogP contribution >= 0.6 is 7.45 Å². The highest BCUT2D eigenvalue weighted by Gasteiger charge is 2.29. The minimum atomic E-state index is -3.34. The van der Waals surface area contributed by atoms with Gasteiger partial charge in [-0.15, -0.1) is 0 Å². The zero-order chi connectivity index (χ0) is 7.65. The van der Waals surface area contributed by atoms with Crippen LogP contribution in [-0.2, 0) is 4.57 Å². The third kappa shape index (κ3) is 2.09. The third-order valence-corrected chi connectivity index (χ3v) is 4.22. The molecule has 9 heavy (non-hydrogen) atoms. The standard InChI is InChI=1S/C6H14FOP/c1-5(2)9(7,8)6(3)4/h5-6H,1-4H3. The molecule has 0 N–H and O–H groups in total. The van der Waals surface area contributed by atoms with E-state index in [2.05, 4.69) is 0 Å². The van der Waals surface area contributed by atoms with Crippen molar-refractivity contribution in [1.29, 1.82) is 0 Å². The molecule has 0 aromatic heterocycles. The van der Waals surface area contributed by atoms with Gasteiger partial charge in [-0.3, -0.25) is 4.57 Å². The average Bonchev–Trinajstić information content (AvgIpc) is 1.65. The lowest BCUT2D eigenvalue weighted by Crippen LogP contribution is -2.03. The lowest BCUT2D eigenvalue weighted by molar-refractivity contribution is 0.522. The molecule has 0 unspecified atom stereocenters. The lowest BCUT2D eigenvalue weighted by atomic mass is 10.5. The van der Waals surface area contributed by atoms with Gasteiger partial charge in [0.1, 0.15) is 0 Å². The first kappa shape index (κ1) is 9.16. The molecule has 0 aliphatic heterocycles. The summed E-state index contributed by atoms with van der Waals surface area (Å²) in [6.07, 6.45) is 0. The molecule has 3 heteroatoms. The van der Waals surface area contributed by atoms with Gasteiger partial charge < -0.3 is 0 Å². The van der Waals surface area contributed by atoms with Crippen molar-refractivity contribution in [2.75, 3.05) is 0 Å². The fourth-order valence-electron chi connectivity index (χ4n) is 0.596. The second-order valence-electron chi connectivity index (χ2n) is 2.81. The quantitative estimate of drug-likeness (QED) is 0.556. The summed E-state index contributed by atoms with van der Waals surface area (Å²) in [4.78, 5) is 0. The van der Waals surface area contributed by atoms with Crippen LogP contribution in [0.4, 0.5) is 4.20 Å². The van der Waals surface area contributed by atoms with Crippen molar-refractivity contribution in [3.8, 4) is 0 Å². The summed E-state index contributed by atoms with van der Waals surface area (Å²) in [6, 6.07) is 0. The monoisotopic (exact) mass is 152 g/mol. The van der Waals surface area contributed by atoms with Gasteiger partial charge in [0.25, 0.3) is 0 Å². The van der Waals surface area contributed by atoms with Crippen molar-refractivity contribution >= 4 is 7.45 Å². The van der Waals surface area contributed by atoms with E-state index in [4.69, 9.17) is 0 Å². The smallest absolute Gasteiger partial charge is 0.249 e. The summed E-state index contributed by atoms with van der Waals surface area (Å²) in [7, 11) is -3.34. The molecule has 0 fully saturated rings. The van der Waals surface area contributed by atoms with E-state index in [1.165, 1.54) is 0 Å². The van der Waals surface area contributed by atoms with Gasteiger partial charge in [0.05, 0.1) is 0 Å². The van der Waals surface area contributed by atoms with Crippen LogP contribution in [0.1, 0.15) is 27.7 Å². The van der Waals surface area contributed by atoms with Crippen LogP contribution in [-0.4, -0.2) is 11.3 Å². The maximum absolute atomic E-state index is 12.9. The van der Waals surface area contributed by atoms with Gasteiger partial charge >= 0.3 is 0 Å². The zero-order valence-corrected chi connectivity index (χ0v) is 7.28. The van der Waals surface area contributed by atoms with Crippen LogP contribution in [0.25, 0.3) is 0 Å². The fourth-order valence-corrected chi connectivity index (χ4v) is 1.79. The molecule has 0 saturated heterocycles. The van der Waals surface area contributed by atoms with Crippen molar-refractivity contribution in [1.82, 2.24) is 0 Å². The van der Waals surface area contributed by atoms with Crippen LogP contribution in [0.3, 0.4) is 0 Å². The Morgan fingerprint density at radius 2 is 1.33 bits per heavy atom. The minimum absolute atomic E-state index is 0.322. The van der Waals surface area contributed by atoms with Gasteiger partial charge in [-0.1, -0.05) is 27.7 Å². The zero-order valence-electron chi connectivity index (χ0n) is 6.39. The Hall–Kier alpha value is 0.160. The Labute approximate surface area is 56.1 Å². The Bertz CT molecular complexity index is 119. The van der Waals surface area contributed by atoms with E-state index in [0.29, 0.717) is 0 Å². The molecular weight excluding hydrogens is 138 g/mol. The van der Waals surface area contributed by atoms with E-state index >= 15 is 0 Å². The molecule has 0 aromatic carbocycles. The molecule has 1 nitrogen and oxygen atoms in total. The Morgan fingerprint density at radius 3 is 1.33 bits per heavy atom. The molecule has 0 aromatic rings. The number of hydrogen-bond donors (Lipinski definition) is 0. The van der Waals surface area contributed by atoms with E-state index in [1.807, 2.05) is 0 Å². The number of rotatable bonds is 2. The Kier molecular flexibility index (Phi) is 2.88. The predicted molar refractivity (Wildman–Crippen MR) is 39.0 cm³/mol. The van der Waals surface area contributed by atoms with Gasteiger partial charge in [-0.25, -0.2) is 0 Å². The predicted octanol–water partition coefficient (Wildman–Crippen LogP) is 3.05. The van der Waals surface area contributed by atoms with E-state index < -0.39 is 7.45 Å². The van der Waals surface area contributed by atoms with Gasteiger partial charge in [-0.05, 0) is 0 Å². The van der Waals surface area contributed by atoms with Gasteiger partial charge in [0.15, 0.2) is 0 Å². The van der Waals surface area contributed by atoms with Crippen molar-refractivity contribution in [2.45, 2.75) is 39.0 Å². The first-order chi connectivity index (χ1) is 3.89. The summed E-state index contributed by atoms with van der Waals surface area (Å²) in [6.45, 7) is 6.61. The molecule has 0 radical (unpaired) electrons. The number of hydrogen-bond acceptors (Lipinski definition) is 1. The van der Waals surface area contributed by atoms with Crippen molar-refractivity contribution < 1.29 is 8.76 Å². The first-order valence-corrected chi connectivity index (χ1v) is 4.91. The second kappa shape index (κ2) is 2.83. The van der Waals surface area contributed by atoms with Crippen LogP contribution in [0.15, 0.2) is 0 Å². The molecule has 0 saturated carbocycles. The van der Waals surface area contributed by atoms with E-state index in [9.17, 15) is 8.76 Å². The summed E-state index contributed by atoms with van der Waals surface area (Å²) in [5, 5.41) is 0. The second-order valence-corrected chi connectivity index (χ2v) is 6.13. The van der Waals surface area contributed by atoms with Crippen molar-refractivity contribution in [3.05, 3.63) is 0 Å². The van der Waals surface area contributed by atoms with Crippen LogP contribution in [0.2, 0.25) is 0 Å². The van der Waals surface area contributed by atoms with Crippen LogP contribution < -0.4 is 0 Å². The Balaban J connectivity index is 4.21. The normalized spacial score (nSPS) is 13.2. The molecule has 56 valence electrons. The van der Waals surface area contributed by atoms with Gasteiger partial charge in [0.2, 0.25) is 7.45 Å². The first-order valence-electron chi connectivity index (χ1n) is 3.18. The molecule has 0 bridgehead atoms. The van der Waals surface area contributed by atoms with E-state index in [1.54, 1.807) is 27.7 Å². The molecule has 0 aliphatic rings. The van der Waals surface area contributed by atoms with Gasteiger partial charge in [-0.2, -0.15) is 4.20 Å². The summed E-state index contributed by atoms with van der Waals surface area (Å²) in [5.41, 5.74) is -0.644. The van der Waals surface area contributed by atoms with Crippen LogP contribution in [0, 0.1) is 0 Å². The number of halogens is 1. The summed E-state index contributed by atoms with van der Waals surface area (Å²) < 4.78 is 23.8. The minimum Gasteiger partial charge on any atom is -0.287 e. The SMILES string of the molecule is CC(C)P(=O)(F)C(C)C. The topological polar surface area (TPSA) is 17.1 Å². The van der Waals surface area contributed by atoms with E-state index in [-0.39, 0.29) is 11.3 Å². The molecule has 0 aliphatic carbocycles. The maximum Gasteiger partial charge on any atom is 0.249 e. The fraction of sp³-hybridized carbons (Fsp3) is 1.00. The molecule has 0 spiro atoms. The molecule has 0 atom stereocenters. The van der Waals surface area contributed by atoms with Gasteiger partial charge in [0, 0.05) is 11.3 Å². The van der Waals surface area contributed by atoms with Crippen LogP contribution in [0.5, 0.6) is 0 Å². The highest BCUT2D eigenvalue weighted by molar-refractivity contribution is 7.59. The van der Waals surface area contributed by atoms with E-state index in [0.717, 1.165) is 0 Å². The highest BCUT2D eigenvalue weighted by Crippen LogP contribution is 2.56. The summed E-state index contributed by atoms with van der Waals surface area (Å²) in [5.74, 6) is 0. The third-order valence-electron chi connectivity index (χ3n) is 1.41. The molecule has 0 rings (SSSR count). The molecule has 0 amide bonds. The van der Waals surface area contributed by atoms with Crippen molar-refractivity contribution in [2.24, 2.45) is 0 Å². The largest absolute Gasteiger partial charge is 0.287 e. The molecule has 0 heterocycles. The Morgan fingerprint density at radius 1 is 1.11 bits per heavy atom. The molecular formula is C6H14FOP. The summed E-state index contributed by atoms with van der Waals surface area (Å²) >= 11 is 0. The maximum atomic E-state index is 12.9. The van der Waals surface area contributed by atoms with Crippen molar-refractivity contribution in [3.63, 3.8) is 0 Å².